The summed E-state index contributed by atoms with van der Waals surface area (Å²) >= 11 is 0. The summed E-state index contributed by atoms with van der Waals surface area (Å²) in [7, 11) is 0. The smallest absolute Gasteiger partial charge is 0.0737 e. The molecule has 11 rings (SSSR count). The van der Waals surface area contributed by atoms with Crippen LogP contribution in [-0.2, 0) is 5.41 Å². The molecule has 51 heavy (non-hydrogen) atoms. The van der Waals surface area contributed by atoms with Gasteiger partial charge >= 0.3 is 0 Å². The molecule has 9 aromatic carbocycles. The number of hydrogen-bond donors (Lipinski definition) is 0. The Balaban J connectivity index is 1.28. The molecule has 0 radical (unpaired) electrons. The van der Waals surface area contributed by atoms with Crippen LogP contribution < -0.4 is 4.90 Å². The zero-order chi connectivity index (χ0) is 33.7. The molecule has 2 aliphatic rings. The van der Waals surface area contributed by atoms with Crippen molar-refractivity contribution in [1.82, 2.24) is 0 Å². The van der Waals surface area contributed by atoms with Crippen molar-refractivity contribution in [3.05, 3.63) is 210 Å². The van der Waals surface area contributed by atoms with Gasteiger partial charge in [0, 0.05) is 17.1 Å². The fourth-order valence-corrected chi connectivity index (χ4v) is 9.50. The maximum Gasteiger partial charge on any atom is 0.0737 e. The molecule has 0 N–H and O–H groups in total. The van der Waals surface area contributed by atoms with Crippen molar-refractivity contribution in [3.8, 4) is 22.3 Å². The van der Waals surface area contributed by atoms with E-state index >= 15 is 0 Å². The Kier molecular flexibility index (Phi) is 5.86. The van der Waals surface area contributed by atoms with Gasteiger partial charge in [-0.05, 0) is 120 Å². The third-order valence-electron chi connectivity index (χ3n) is 11.5. The Labute approximate surface area is 297 Å². The first-order valence-electron chi connectivity index (χ1n) is 17.9. The second kappa shape index (κ2) is 10.5. The van der Waals surface area contributed by atoms with E-state index in [0.717, 1.165) is 17.1 Å². The van der Waals surface area contributed by atoms with E-state index in [1.165, 1.54) is 82.4 Å². The predicted octanol–water partition coefficient (Wildman–Crippen LogP) is 13.3. The summed E-state index contributed by atoms with van der Waals surface area (Å²) in [6.07, 6.45) is 0. The lowest BCUT2D eigenvalue weighted by atomic mass is 9.68. The molecule has 0 aromatic heterocycles. The summed E-state index contributed by atoms with van der Waals surface area (Å²) in [5.74, 6) is 0. The van der Waals surface area contributed by atoms with Gasteiger partial charge in [0.15, 0.2) is 0 Å². The van der Waals surface area contributed by atoms with Gasteiger partial charge in [-0.1, -0.05) is 151 Å². The van der Waals surface area contributed by atoms with Crippen LogP contribution in [0.25, 0.3) is 54.6 Å². The van der Waals surface area contributed by atoms with E-state index in [0.29, 0.717) is 0 Å². The zero-order valence-corrected chi connectivity index (χ0v) is 28.3. The third-order valence-corrected chi connectivity index (χ3v) is 11.5. The first-order chi connectivity index (χ1) is 25.2. The van der Waals surface area contributed by atoms with Gasteiger partial charge in [0.05, 0.1) is 5.41 Å². The Morgan fingerprint density at radius 2 is 0.922 bits per heavy atom. The van der Waals surface area contributed by atoms with E-state index in [-0.39, 0.29) is 0 Å². The third kappa shape index (κ3) is 3.75. The average molecular weight is 648 g/mol. The number of nitrogens with zero attached hydrogens (tertiary/aromatic N) is 1. The molecule has 0 atom stereocenters. The molecule has 0 unspecified atom stereocenters. The highest BCUT2D eigenvalue weighted by atomic mass is 15.1. The highest BCUT2D eigenvalue weighted by molar-refractivity contribution is 6.21. The standard InChI is InChI=1S/C50H33N/c1-32-23-26-35(27-24-32)51(34-13-3-2-4-14-34)36-28-30-37-33(31-36)25-29-44-47-42-19-7-5-15-38(42)39-16-6-8-20-43(39)49(47)50(48(37)44)45-21-11-9-17-40(45)41-18-10-12-22-46(41)50/h2-31H,1H3. The minimum Gasteiger partial charge on any atom is -0.310 e. The van der Waals surface area contributed by atoms with E-state index in [1.807, 2.05) is 0 Å². The maximum atomic E-state index is 2.42. The minimum absolute atomic E-state index is 0.474. The first kappa shape index (κ1) is 28.4. The average Bonchev–Trinajstić information content (AvgIpc) is 3.67. The van der Waals surface area contributed by atoms with Crippen molar-refractivity contribution in [1.29, 1.82) is 0 Å². The molecule has 0 saturated carbocycles. The Morgan fingerprint density at radius 3 is 1.63 bits per heavy atom. The quantitative estimate of drug-likeness (QED) is 0.173. The molecule has 1 nitrogen and oxygen atoms in total. The molecule has 0 saturated heterocycles. The highest BCUT2D eigenvalue weighted by Crippen LogP contribution is 2.66. The van der Waals surface area contributed by atoms with Crippen LogP contribution in [0.15, 0.2) is 182 Å². The normalized spacial score (nSPS) is 13.4. The Morgan fingerprint density at radius 1 is 0.373 bits per heavy atom. The van der Waals surface area contributed by atoms with Crippen LogP contribution >= 0.6 is 0 Å². The van der Waals surface area contributed by atoms with Crippen molar-refractivity contribution in [3.63, 3.8) is 0 Å². The second-order valence-electron chi connectivity index (χ2n) is 14.1. The molecule has 238 valence electrons. The van der Waals surface area contributed by atoms with Gasteiger partial charge in [-0.2, -0.15) is 0 Å². The van der Waals surface area contributed by atoms with E-state index < -0.39 is 5.41 Å². The summed E-state index contributed by atoms with van der Waals surface area (Å²) in [6, 6.07) is 67.8. The van der Waals surface area contributed by atoms with Crippen molar-refractivity contribution in [2.45, 2.75) is 12.3 Å². The van der Waals surface area contributed by atoms with Gasteiger partial charge in [-0.3, -0.25) is 0 Å². The van der Waals surface area contributed by atoms with Gasteiger partial charge in [0.2, 0.25) is 0 Å². The van der Waals surface area contributed by atoms with Gasteiger partial charge in [0.25, 0.3) is 0 Å². The molecule has 0 bridgehead atoms. The van der Waals surface area contributed by atoms with Crippen LogP contribution in [-0.4, -0.2) is 0 Å². The number of aryl methyl sites for hydroxylation is 1. The maximum absolute atomic E-state index is 2.42. The molecule has 0 fully saturated rings. The van der Waals surface area contributed by atoms with Crippen LogP contribution in [0.2, 0.25) is 0 Å². The van der Waals surface area contributed by atoms with Gasteiger partial charge < -0.3 is 4.90 Å². The molecule has 0 amide bonds. The summed E-state index contributed by atoms with van der Waals surface area (Å²) in [4.78, 5) is 2.37. The van der Waals surface area contributed by atoms with Gasteiger partial charge in [-0.15, -0.1) is 0 Å². The van der Waals surface area contributed by atoms with E-state index in [4.69, 9.17) is 0 Å². The lowest BCUT2D eigenvalue weighted by Crippen LogP contribution is -2.26. The topological polar surface area (TPSA) is 3.24 Å². The summed E-state index contributed by atoms with van der Waals surface area (Å²) in [6.45, 7) is 2.15. The predicted molar refractivity (Wildman–Crippen MR) is 215 cm³/mol. The van der Waals surface area contributed by atoms with Crippen LogP contribution in [0.5, 0.6) is 0 Å². The minimum atomic E-state index is -0.474. The second-order valence-corrected chi connectivity index (χ2v) is 14.1. The fourth-order valence-electron chi connectivity index (χ4n) is 9.50. The summed E-state index contributed by atoms with van der Waals surface area (Å²) in [5, 5.41) is 7.79. The zero-order valence-electron chi connectivity index (χ0n) is 28.3. The monoisotopic (exact) mass is 647 g/mol. The van der Waals surface area contributed by atoms with Crippen LogP contribution in [0.4, 0.5) is 17.1 Å². The molecule has 1 heteroatoms. The van der Waals surface area contributed by atoms with E-state index in [1.54, 1.807) is 0 Å². The van der Waals surface area contributed by atoms with Crippen molar-refractivity contribution in [2.24, 2.45) is 0 Å². The van der Waals surface area contributed by atoms with E-state index in [9.17, 15) is 0 Å². The molecular weight excluding hydrogens is 615 g/mol. The van der Waals surface area contributed by atoms with Crippen molar-refractivity contribution < 1.29 is 0 Å². The van der Waals surface area contributed by atoms with Crippen LogP contribution in [0.1, 0.15) is 27.8 Å². The van der Waals surface area contributed by atoms with Crippen LogP contribution in [0, 0.1) is 6.92 Å². The van der Waals surface area contributed by atoms with Gasteiger partial charge in [0.1, 0.15) is 0 Å². The lowest BCUT2D eigenvalue weighted by Gasteiger charge is -2.33. The summed E-state index contributed by atoms with van der Waals surface area (Å²) in [5.41, 5.74) is 15.1. The molecule has 0 heterocycles. The highest BCUT2D eigenvalue weighted by Gasteiger charge is 2.53. The van der Waals surface area contributed by atoms with Crippen LogP contribution in [0.3, 0.4) is 0 Å². The SMILES string of the molecule is Cc1ccc(N(c2ccccc2)c2ccc3c4c(ccc3c2)-c2c(c3ccccc3c3ccccc23)C42c3ccccc3-c3ccccc32)cc1. The molecule has 2 aliphatic carbocycles. The molecule has 9 aromatic rings. The number of benzene rings is 9. The van der Waals surface area contributed by atoms with Crippen molar-refractivity contribution >= 4 is 49.4 Å². The Bertz CT molecular complexity index is 2820. The first-order valence-corrected chi connectivity index (χ1v) is 17.9. The van der Waals surface area contributed by atoms with Gasteiger partial charge in [-0.25, -0.2) is 0 Å². The number of anilines is 3. The fraction of sp³-hybridized carbons (Fsp3) is 0.0400. The number of rotatable bonds is 3. The number of hydrogen-bond acceptors (Lipinski definition) is 1. The Hall–Kier alpha value is -6.44. The largest absolute Gasteiger partial charge is 0.310 e. The lowest BCUT2D eigenvalue weighted by molar-refractivity contribution is 0.809. The van der Waals surface area contributed by atoms with Crippen molar-refractivity contribution in [2.75, 3.05) is 4.90 Å². The summed E-state index contributed by atoms with van der Waals surface area (Å²) < 4.78 is 0. The molecule has 1 spiro atoms. The number of fused-ring (bicyclic) bond motifs is 17. The molecule has 0 aliphatic heterocycles. The molecular formula is C50H33N. The van der Waals surface area contributed by atoms with E-state index in [2.05, 4.69) is 194 Å². The number of para-hydroxylation sites is 1.